The topological polar surface area (TPSA) is 85.8 Å². The Labute approximate surface area is 167 Å². The van der Waals surface area contributed by atoms with Crippen LogP contribution in [-0.2, 0) is 17.6 Å². The lowest BCUT2D eigenvalue weighted by molar-refractivity contribution is 0.138. The quantitative estimate of drug-likeness (QED) is 0.681. The second kappa shape index (κ2) is 7.87. The van der Waals surface area contributed by atoms with Crippen LogP contribution in [0.1, 0.15) is 36.9 Å². The van der Waals surface area contributed by atoms with Crippen LogP contribution in [0.15, 0.2) is 24.3 Å². The first-order chi connectivity index (χ1) is 14.3. The van der Waals surface area contributed by atoms with Crippen molar-refractivity contribution in [2.45, 2.75) is 44.6 Å². The second-order valence-electron chi connectivity index (χ2n) is 7.47. The molecule has 0 amide bonds. The van der Waals surface area contributed by atoms with E-state index in [1.807, 2.05) is 6.07 Å². The molecule has 0 unspecified atom stereocenters. The average Bonchev–Trinajstić information content (AvgIpc) is 3.39. The second-order valence-corrected chi connectivity index (χ2v) is 7.47. The van der Waals surface area contributed by atoms with Gasteiger partial charge in [-0.2, -0.15) is 5.21 Å². The first-order valence-corrected chi connectivity index (χ1v) is 10.1. The minimum atomic E-state index is -0.287. The van der Waals surface area contributed by atoms with Gasteiger partial charge in [0.05, 0.1) is 18.8 Å². The number of aromatic amines is 1. The molecule has 7 nitrogen and oxygen atoms in total. The fourth-order valence-corrected chi connectivity index (χ4v) is 4.18. The van der Waals surface area contributed by atoms with Crippen molar-refractivity contribution in [3.05, 3.63) is 41.3 Å². The molecule has 2 aromatic heterocycles. The number of aryl methyl sites for hydroxylation is 1. The Hall–Kier alpha value is -2.87. The zero-order chi connectivity index (χ0) is 19.6. The molecule has 150 valence electrons. The first-order valence-electron chi connectivity index (χ1n) is 10.1. The molecule has 3 heterocycles. The number of benzene rings is 1. The van der Waals surface area contributed by atoms with E-state index in [0.29, 0.717) is 36.0 Å². The molecule has 0 radical (unpaired) electrons. The minimum absolute atomic E-state index is 0.0922. The van der Waals surface area contributed by atoms with Crippen LogP contribution in [0.2, 0.25) is 0 Å². The van der Waals surface area contributed by atoms with E-state index in [1.165, 1.54) is 6.07 Å². The molecule has 1 atom stereocenters. The number of hydrogen-bond acceptors (Lipinski definition) is 6. The Morgan fingerprint density at radius 3 is 2.79 bits per heavy atom. The Morgan fingerprint density at radius 2 is 2.00 bits per heavy atom. The van der Waals surface area contributed by atoms with Gasteiger partial charge in [0.1, 0.15) is 11.9 Å². The van der Waals surface area contributed by atoms with Crippen LogP contribution in [0.5, 0.6) is 5.88 Å². The largest absolute Gasteiger partial charge is 0.471 e. The van der Waals surface area contributed by atoms with Gasteiger partial charge in [0, 0.05) is 23.2 Å². The van der Waals surface area contributed by atoms with Gasteiger partial charge >= 0.3 is 0 Å². The standard InChI is InChI=1S/C21H22FN5O2/c22-16-8-5-4-6-14(16)18-15-7-2-1-3-9-17(15)23-21(29-13-10-11-28-12-13)19(18)20-24-26-27-25-20/h4-6,8,13H,1-3,7,9-12H2,(H,24,25,26,27)/t13-/m0/s1. The van der Waals surface area contributed by atoms with E-state index in [9.17, 15) is 4.39 Å². The van der Waals surface area contributed by atoms with Gasteiger partial charge in [0.2, 0.25) is 11.7 Å². The molecule has 0 spiro atoms. The highest BCUT2D eigenvalue weighted by Gasteiger charge is 2.29. The van der Waals surface area contributed by atoms with E-state index in [1.54, 1.807) is 12.1 Å². The predicted molar refractivity (Wildman–Crippen MR) is 104 cm³/mol. The summed E-state index contributed by atoms with van der Waals surface area (Å²) in [7, 11) is 0. The number of hydrogen-bond donors (Lipinski definition) is 1. The summed E-state index contributed by atoms with van der Waals surface area (Å²) < 4.78 is 26.7. The van der Waals surface area contributed by atoms with Crippen LogP contribution in [0.25, 0.3) is 22.5 Å². The van der Waals surface area contributed by atoms with Gasteiger partial charge in [-0.1, -0.05) is 24.6 Å². The number of pyridine rings is 1. The third-order valence-electron chi connectivity index (χ3n) is 5.57. The lowest BCUT2D eigenvalue weighted by atomic mass is 9.91. The number of rotatable bonds is 4. The molecule has 29 heavy (non-hydrogen) atoms. The summed E-state index contributed by atoms with van der Waals surface area (Å²) in [5.41, 5.74) is 3.91. The molecule has 0 saturated carbocycles. The van der Waals surface area contributed by atoms with Gasteiger partial charge in [-0.25, -0.2) is 9.37 Å². The van der Waals surface area contributed by atoms with Crippen LogP contribution in [0, 0.1) is 5.82 Å². The van der Waals surface area contributed by atoms with E-state index < -0.39 is 0 Å². The maximum atomic E-state index is 15.0. The van der Waals surface area contributed by atoms with Crippen molar-refractivity contribution in [2.75, 3.05) is 13.2 Å². The van der Waals surface area contributed by atoms with Crippen LogP contribution in [0.3, 0.4) is 0 Å². The zero-order valence-corrected chi connectivity index (χ0v) is 16.0. The Balaban J connectivity index is 1.78. The molecule has 8 heteroatoms. The van der Waals surface area contributed by atoms with E-state index in [-0.39, 0.29) is 11.9 Å². The lowest BCUT2D eigenvalue weighted by Crippen LogP contribution is -2.18. The summed E-state index contributed by atoms with van der Waals surface area (Å²) in [5, 5.41) is 14.6. The molecule has 1 saturated heterocycles. The van der Waals surface area contributed by atoms with Crippen molar-refractivity contribution in [3.63, 3.8) is 0 Å². The number of ether oxygens (including phenoxy) is 2. The Kier molecular flexibility index (Phi) is 4.93. The SMILES string of the molecule is Fc1ccccc1-c1c2c(nc(O[C@H]3CCOC3)c1-c1nn[nH]n1)CCCCC2. The summed E-state index contributed by atoms with van der Waals surface area (Å²) in [4.78, 5) is 4.89. The van der Waals surface area contributed by atoms with Crippen molar-refractivity contribution in [3.8, 4) is 28.4 Å². The maximum absolute atomic E-state index is 15.0. The van der Waals surface area contributed by atoms with Crippen LogP contribution in [0.4, 0.5) is 4.39 Å². The summed E-state index contributed by atoms with van der Waals surface area (Å²) in [6.07, 6.45) is 5.61. The smallest absolute Gasteiger partial charge is 0.226 e. The van der Waals surface area contributed by atoms with E-state index in [0.717, 1.165) is 55.3 Å². The molecule has 1 N–H and O–H groups in total. The fraction of sp³-hybridized carbons (Fsp3) is 0.429. The summed E-state index contributed by atoms with van der Waals surface area (Å²) in [6.45, 7) is 1.17. The highest BCUT2D eigenvalue weighted by atomic mass is 19.1. The summed E-state index contributed by atoms with van der Waals surface area (Å²) in [6, 6.07) is 6.80. The lowest BCUT2D eigenvalue weighted by Gasteiger charge is -2.21. The molecular formula is C21H22FN5O2. The van der Waals surface area contributed by atoms with Gasteiger partial charge in [-0.15, -0.1) is 10.2 Å². The number of tetrazole rings is 1. The van der Waals surface area contributed by atoms with Gasteiger partial charge in [-0.05, 0) is 42.5 Å². The normalized spacial score (nSPS) is 19.0. The molecular weight excluding hydrogens is 373 g/mol. The molecule has 3 aromatic rings. The predicted octanol–water partition coefficient (Wildman–Crippen LogP) is 3.50. The third kappa shape index (κ3) is 3.48. The van der Waals surface area contributed by atoms with Crippen molar-refractivity contribution >= 4 is 0 Å². The van der Waals surface area contributed by atoms with Crippen LogP contribution < -0.4 is 4.74 Å². The van der Waals surface area contributed by atoms with Gasteiger partial charge in [0.25, 0.3) is 0 Å². The third-order valence-corrected chi connectivity index (χ3v) is 5.57. The highest BCUT2D eigenvalue weighted by Crippen LogP contribution is 2.43. The monoisotopic (exact) mass is 395 g/mol. The fourth-order valence-electron chi connectivity index (χ4n) is 4.18. The summed E-state index contributed by atoms with van der Waals surface area (Å²) in [5.74, 6) is 0.502. The number of nitrogens with one attached hydrogen (secondary N) is 1. The number of halogens is 1. The molecule has 5 rings (SSSR count). The van der Waals surface area contributed by atoms with Gasteiger partial charge in [-0.3, -0.25) is 0 Å². The van der Waals surface area contributed by atoms with Crippen molar-refractivity contribution in [2.24, 2.45) is 0 Å². The van der Waals surface area contributed by atoms with Crippen LogP contribution in [-0.4, -0.2) is 44.9 Å². The van der Waals surface area contributed by atoms with E-state index in [4.69, 9.17) is 14.5 Å². The Bertz CT molecular complexity index is 1000. The molecule has 1 aliphatic carbocycles. The first kappa shape index (κ1) is 18.2. The van der Waals surface area contributed by atoms with Gasteiger partial charge in [0.15, 0.2) is 0 Å². The zero-order valence-electron chi connectivity index (χ0n) is 16.0. The molecule has 1 fully saturated rings. The number of H-pyrrole nitrogens is 1. The molecule has 1 aliphatic heterocycles. The number of fused-ring (bicyclic) bond motifs is 1. The molecule has 0 bridgehead atoms. The van der Waals surface area contributed by atoms with Crippen molar-refractivity contribution in [1.82, 2.24) is 25.6 Å². The van der Waals surface area contributed by atoms with Crippen molar-refractivity contribution < 1.29 is 13.9 Å². The van der Waals surface area contributed by atoms with Crippen molar-refractivity contribution in [1.29, 1.82) is 0 Å². The highest BCUT2D eigenvalue weighted by molar-refractivity contribution is 5.87. The molecule has 1 aromatic carbocycles. The summed E-state index contributed by atoms with van der Waals surface area (Å²) >= 11 is 0. The van der Waals surface area contributed by atoms with Crippen LogP contribution >= 0.6 is 0 Å². The number of nitrogens with zero attached hydrogens (tertiary/aromatic N) is 4. The molecule has 2 aliphatic rings. The Morgan fingerprint density at radius 1 is 1.10 bits per heavy atom. The minimum Gasteiger partial charge on any atom is -0.471 e. The van der Waals surface area contributed by atoms with Gasteiger partial charge < -0.3 is 9.47 Å². The number of aromatic nitrogens is 5. The van der Waals surface area contributed by atoms with E-state index >= 15 is 0 Å². The average molecular weight is 395 g/mol. The van der Waals surface area contributed by atoms with E-state index in [2.05, 4.69) is 20.6 Å². The maximum Gasteiger partial charge on any atom is 0.226 e.